The van der Waals surface area contributed by atoms with Crippen molar-refractivity contribution in [2.75, 3.05) is 0 Å². The van der Waals surface area contributed by atoms with E-state index < -0.39 is 0 Å². The summed E-state index contributed by atoms with van der Waals surface area (Å²) in [6.45, 7) is 0. The highest BCUT2D eigenvalue weighted by atomic mass is 16.5. The molecule has 0 saturated heterocycles. The molecule has 0 radical (unpaired) electrons. The summed E-state index contributed by atoms with van der Waals surface area (Å²) in [5, 5.41) is 4.33. The van der Waals surface area contributed by atoms with Gasteiger partial charge in [-0.15, -0.1) is 0 Å². The van der Waals surface area contributed by atoms with Crippen molar-refractivity contribution in [2.45, 2.75) is 12.0 Å². The zero-order valence-electron chi connectivity index (χ0n) is 27.2. The summed E-state index contributed by atoms with van der Waals surface area (Å²) in [6.07, 6.45) is 6.51. The Morgan fingerprint density at radius 3 is 1.84 bits per heavy atom. The number of ether oxygens (including phenoxy) is 1. The Kier molecular flexibility index (Phi) is 5.98. The van der Waals surface area contributed by atoms with E-state index >= 15 is 0 Å². The molecular formula is C45H27N3O3. The number of fused-ring (bicyclic) bond motifs is 9. The number of para-hydroxylation sites is 4. The lowest BCUT2D eigenvalue weighted by atomic mass is 9.86. The highest BCUT2D eigenvalue weighted by Crippen LogP contribution is 2.46. The third-order valence-electron chi connectivity index (χ3n) is 10.1. The summed E-state index contributed by atoms with van der Waals surface area (Å²) in [5.74, 6) is 2.60. The van der Waals surface area contributed by atoms with Crippen molar-refractivity contribution in [3.63, 3.8) is 0 Å². The van der Waals surface area contributed by atoms with E-state index in [1.165, 1.54) is 0 Å². The number of nitrogens with zero attached hydrogens (tertiary/aromatic N) is 3. The maximum absolute atomic E-state index is 6.57. The van der Waals surface area contributed by atoms with E-state index in [9.17, 15) is 0 Å². The molecule has 4 heterocycles. The Labute approximate surface area is 292 Å². The van der Waals surface area contributed by atoms with Gasteiger partial charge in [-0.05, 0) is 35.9 Å². The van der Waals surface area contributed by atoms with E-state index in [-0.39, 0.29) is 12.0 Å². The first-order chi connectivity index (χ1) is 25.2. The molecule has 1 aliphatic carbocycles. The first-order valence-electron chi connectivity index (χ1n) is 17.1. The van der Waals surface area contributed by atoms with Crippen molar-refractivity contribution in [1.29, 1.82) is 0 Å². The largest absolute Gasteiger partial charge is 0.485 e. The molecule has 0 N–H and O–H groups in total. The van der Waals surface area contributed by atoms with E-state index in [1.807, 2.05) is 72.8 Å². The number of benzene rings is 6. The Balaban J connectivity index is 1.01. The smallest absolute Gasteiger partial charge is 0.167 e. The van der Waals surface area contributed by atoms with Crippen LogP contribution in [0.1, 0.15) is 17.0 Å². The lowest BCUT2D eigenvalue weighted by molar-refractivity contribution is 0.269. The molecular weight excluding hydrogens is 631 g/mol. The van der Waals surface area contributed by atoms with Gasteiger partial charge in [0.25, 0.3) is 0 Å². The first kappa shape index (κ1) is 28.1. The number of hydrogen-bond donors (Lipinski definition) is 0. The molecule has 3 aromatic heterocycles. The van der Waals surface area contributed by atoms with Crippen LogP contribution in [0.5, 0.6) is 5.75 Å². The van der Waals surface area contributed by atoms with Crippen LogP contribution in [0.4, 0.5) is 0 Å². The third kappa shape index (κ3) is 4.40. The van der Waals surface area contributed by atoms with E-state index in [1.54, 1.807) is 0 Å². The van der Waals surface area contributed by atoms with Gasteiger partial charge in [-0.25, -0.2) is 15.0 Å². The molecule has 51 heavy (non-hydrogen) atoms. The second-order valence-electron chi connectivity index (χ2n) is 13.1. The van der Waals surface area contributed by atoms with Crippen LogP contribution in [0.15, 0.2) is 161 Å². The highest BCUT2D eigenvalue weighted by Gasteiger charge is 2.34. The zero-order chi connectivity index (χ0) is 33.5. The molecule has 0 fully saturated rings. The van der Waals surface area contributed by atoms with Crippen LogP contribution in [0, 0.1) is 0 Å². The minimum absolute atomic E-state index is 0.0631. The Hall–Kier alpha value is -6.79. The van der Waals surface area contributed by atoms with Crippen molar-refractivity contribution in [3.8, 4) is 39.9 Å². The molecule has 2 atom stereocenters. The van der Waals surface area contributed by atoms with Crippen LogP contribution in [0.25, 0.3) is 83.6 Å². The highest BCUT2D eigenvalue weighted by molar-refractivity contribution is 6.10. The molecule has 0 bridgehead atoms. The molecule has 6 nitrogen and oxygen atoms in total. The molecule has 0 saturated carbocycles. The molecule has 9 aromatic rings. The summed E-state index contributed by atoms with van der Waals surface area (Å²) < 4.78 is 19.3. The van der Waals surface area contributed by atoms with Gasteiger partial charge in [0.1, 0.15) is 34.2 Å². The Morgan fingerprint density at radius 2 is 1.10 bits per heavy atom. The molecule has 2 unspecified atom stereocenters. The van der Waals surface area contributed by atoms with Crippen LogP contribution in [0.3, 0.4) is 0 Å². The topological polar surface area (TPSA) is 74.2 Å². The number of furan rings is 2. The zero-order valence-corrected chi connectivity index (χ0v) is 27.2. The predicted molar refractivity (Wildman–Crippen MR) is 201 cm³/mol. The maximum Gasteiger partial charge on any atom is 0.167 e. The van der Waals surface area contributed by atoms with Gasteiger partial charge in [-0.1, -0.05) is 121 Å². The van der Waals surface area contributed by atoms with Crippen molar-refractivity contribution < 1.29 is 13.6 Å². The Bertz CT molecular complexity index is 2920. The van der Waals surface area contributed by atoms with Crippen LogP contribution in [-0.2, 0) is 0 Å². The third-order valence-corrected chi connectivity index (χ3v) is 10.1. The molecule has 0 spiro atoms. The number of aromatic nitrogens is 3. The lowest BCUT2D eigenvalue weighted by Gasteiger charge is -2.18. The van der Waals surface area contributed by atoms with Gasteiger partial charge in [0.15, 0.2) is 17.5 Å². The summed E-state index contributed by atoms with van der Waals surface area (Å²) in [6, 6.07) is 45.1. The predicted octanol–water partition coefficient (Wildman–Crippen LogP) is 11.2. The fourth-order valence-corrected chi connectivity index (χ4v) is 7.66. The lowest BCUT2D eigenvalue weighted by Crippen LogP contribution is -2.16. The molecule has 240 valence electrons. The van der Waals surface area contributed by atoms with Gasteiger partial charge >= 0.3 is 0 Å². The van der Waals surface area contributed by atoms with Gasteiger partial charge in [0.05, 0.1) is 5.56 Å². The second-order valence-corrected chi connectivity index (χ2v) is 13.1. The van der Waals surface area contributed by atoms with Crippen LogP contribution >= 0.6 is 0 Å². The van der Waals surface area contributed by atoms with Gasteiger partial charge in [-0.3, -0.25) is 0 Å². The van der Waals surface area contributed by atoms with Gasteiger partial charge in [-0.2, -0.15) is 0 Å². The van der Waals surface area contributed by atoms with E-state index in [4.69, 9.17) is 28.5 Å². The maximum atomic E-state index is 6.57. The number of rotatable bonds is 4. The van der Waals surface area contributed by atoms with Gasteiger partial charge < -0.3 is 13.6 Å². The van der Waals surface area contributed by atoms with Crippen LogP contribution < -0.4 is 4.74 Å². The summed E-state index contributed by atoms with van der Waals surface area (Å²) in [4.78, 5) is 15.0. The van der Waals surface area contributed by atoms with Gasteiger partial charge in [0.2, 0.25) is 0 Å². The molecule has 0 amide bonds. The van der Waals surface area contributed by atoms with Gasteiger partial charge in [0, 0.05) is 49.7 Å². The summed E-state index contributed by atoms with van der Waals surface area (Å²) >= 11 is 0. The normalized spacial score (nSPS) is 16.4. The molecule has 11 rings (SSSR count). The minimum Gasteiger partial charge on any atom is -0.485 e. The van der Waals surface area contributed by atoms with Crippen LogP contribution in [0.2, 0.25) is 0 Å². The van der Waals surface area contributed by atoms with Crippen LogP contribution in [-0.4, -0.2) is 21.1 Å². The van der Waals surface area contributed by atoms with E-state index in [0.29, 0.717) is 17.5 Å². The summed E-state index contributed by atoms with van der Waals surface area (Å²) in [7, 11) is 0. The fourth-order valence-electron chi connectivity index (χ4n) is 7.66. The quantitative estimate of drug-likeness (QED) is 0.187. The second kappa shape index (κ2) is 10.9. The molecule has 6 aromatic carbocycles. The summed E-state index contributed by atoms with van der Waals surface area (Å²) in [5.41, 5.74) is 9.29. The standard InChI is InChI=1S/C45H27N3O3/c1-2-10-26(11-3-1)43-46-44(48-45(47-43)35-17-9-16-34-31-13-5-7-19-38(31)51-42(34)35)28-20-22-32-36-24-27(21-23-39(36)49-40(32)25-28)29-14-8-15-33-30-12-4-6-18-37(30)50-41(29)33/h1-25,36,39H. The van der Waals surface area contributed by atoms with Crippen molar-refractivity contribution in [3.05, 3.63) is 163 Å². The Morgan fingerprint density at radius 1 is 0.490 bits per heavy atom. The first-order valence-corrected chi connectivity index (χ1v) is 17.1. The van der Waals surface area contributed by atoms with E-state index in [0.717, 1.165) is 83.0 Å². The average Bonchev–Trinajstić information content (AvgIpc) is 3.88. The average molecular weight is 658 g/mol. The van der Waals surface area contributed by atoms with Crippen molar-refractivity contribution in [2.24, 2.45) is 0 Å². The minimum atomic E-state index is -0.103. The number of allylic oxidation sites excluding steroid dienone is 2. The van der Waals surface area contributed by atoms with Crippen molar-refractivity contribution >= 4 is 49.5 Å². The molecule has 2 aliphatic rings. The van der Waals surface area contributed by atoms with E-state index in [2.05, 4.69) is 78.9 Å². The fraction of sp³-hybridized carbons (Fsp3) is 0.0444. The SMILES string of the molecule is C1=CC2Oc3cc(-c4nc(-c5ccccc5)nc(-c5cccc6c5oc5ccccc56)n4)ccc3C2C=C1c1cccc2c1oc1ccccc12. The molecule has 6 heteroatoms. The molecule has 1 aliphatic heterocycles. The number of hydrogen-bond acceptors (Lipinski definition) is 6. The van der Waals surface area contributed by atoms with Crippen molar-refractivity contribution in [1.82, 2.24) is 15.0 Å². The monoisotopic (exact) mass is 657 g/mol.